The molecule has 1 rings (SSSR count). The number of Topliss-reactive ketones (excluding diaryl/α,β-unsaturated/α-hetero) is 1. The molecule has 4 heteroatoms. The molecule has 0 saturated carbocycles. The third-order valence-corrected chi connectivity index (χ3v) is 1.36. The summed E-state index contributed by atoms with van der Waals surface area (Å²) in [4.78, 5) is 31.5. The van der Waals surface area contributed by atoms with Crippen LogP contribution in [0.5, 0.6) is 0 Å². The van der Waals surface area contributed by atoms with E-state index in [9.17, 15) is 14.4 Å². The molecule has 0 aliphatic carbocycles. The molecule has 1 saturated heterocycles. The summed E-state index contributed by atoms with van der Waals surface area (Å²) in [7, 11) is 0. The maximum absolute atomic E-state index is 10.6. The Morgan fingerprint density at radius 3 is 2.40 bits per heavy atom. The van der Waals surface area contributed by atoms with Gasteiger partial charge in [-0.05, 0) is 6.92 Å². The minimum absolute atomic E-state index is 0.0891. The molecule has 0 radical (unpaired) electrons. The Balaban J connectivity index is 2.72. The van der Waals surface area contributed by atoms with Crippen molar-refractivity contribution in [2.75, 3.05) is 0 Å². The summed E-state index contributed by atoms with van der Waals surface area (Å²) < 4.78 is 4.14. The van der Waals surface area contributed by atoms with E-state index in [2.05, 4.69) is 4.74 Å². The molecule has 4 nitrogen and oxygen atoms in total. The van der Waals surface area contributed by atoms with Gasteiger partial charge in [-0.2, -0.15) is 0 Å². The van der Waals surface area contributed by atoms with Gasteiger partial charge in [-0.1, -0.05) is 0 Å². The van der Waals surface area contributed by atoms with Gasteiger partial charge in [0, 0.05) is 0 Å². The van der Waals surface area contributed by atoms with Gasteiger partial charge in [-0.15, -0.1) is 0 Å². The Kier molecular flexibility index (Phi) is 1.53. The zero-order chi connectivity index (χ0) is 7.72. The first-order chi connectivity index (χ1) is 4.61. The van der Waals surface area contributed by atoms with Crippen LogP contribution >= 0.6 is 0 Å². The maximum atomic E-state index is 10.6. The van der Waals surface area contributed by atoms with E-state index < -0.39 is 17.9 Å². The Morgan fingerprint density at radius 1 is 1.60 bits per heavy atom. The highest BCUT2D eigenvalue weighted by Crippen LogP contribution is 2.15. The molecule has 0 spiro atoms. The zero-order valence-electron chi connectivity index (χ0n) is 5.42. The zero-order valence-corrected chi connectivity index (χ0v) is 5.42. The van der Waals surface area contributed by atoms with Gasteiger partial charge in [-0.25, -0.2) is 0 Å². The maximum Gasteiger partial charge on any atom is 0.324 e. The number of rotatable bonds is 1. The molecule has 10 heavy (non-hydrogen) atoms. The van der Waals surface area contributed by atoms with Crippen LogP contribution in [0, 0.1) is 5.92 Å². The molecular weight excluding hydrogens is 136 g/mol. The van der Waals surface area contributed by atoms with Crippen LogP contribution in [0.15, 0.2) is 0 Å². The number of ether oxygens (including phenoxy) is 1. The fourth-order valence-electron chi connectivity index (χ4n) is 0.785. The van der Waals surface area contributed by atoms with Gasteiger partial charge < -0.3 is 4.74 Å². The van der Waals surface area contributed by atoms with Crippen LogP contribution in [0.2, 0.25) is 0 Å². The number of cyclic esters (lactones) is 2. The molecule has 0 aromatic heterocycles. The normalized spacial score (nSPS) is 24.7. The van der Waals surface area contributed by atoms with Crippen molar-refractivity contribution >= 4 is 17.7 Å². The lowest BCUT2D eigenvalue weighted by Crippen LogP contribution is -2.15. The van der Waals surface area contributed by atoms with E-state index in [1.54, 1.807) is 0 Å². The SMILES string of the molecule is CC(=O)[C@@H]1CC(=O)OC1=O. The van der Waals surface area contributed by atoms with Crippen LogP contribution in [0.3, 0.4) is 0 Å². The Hall–Kier alpha value is -1.19. The van der Waals surface area contributed by atoms with E-state index in [1.165, 1.54) is 6.92 Å². The van der Waals surface area contributed by atoms with Crippen molar-refractivity contribution in [2.24, 2.45) is 5.92 Å². The second-order valence-electron chi connectivity index (χ2n) is 2.16. The number of esters is 2. The van der Waals surface area contributed by atoms with Crippen LogP contribution in [-0.4, -0.2) is 17.7 Å². The van der Waals surface area contributed by atoms with Gasteiger partial charge in [0.25, 0.3) is 0 Å². The second kappa shape index (κ2) is 2.21. The molecule has 0 aromatic carbocycles. The lowest BCUT2D eigenvalue weighted by Gasteiger charge is -1.93. The van der Waals surface area contributed by atoms with Crippen LogP contribution in [0.1, 0.15) is 13.3 Å². The molecular formula is C6H6O4. The van der Waals surface area contributed by atoms with Gasteiger partial charge in [0.1, 0.15) is 11.7 Å². The predicted octanol–water partition coefficient (Wildman–Crippen LogP) is -0.335. The third kappa shape index (κ3) is 1.05. The van der Waals surface area contributed by atoms with Crippen molar-refractivity contribution < 1.29 is 19.1 Å². The average Bonchev–Trinajstić information content (AvgIpc) is 2.10. The minimum Gasteiger partial charge on any atom is -0.393 e. The van der Waals surface area contributed by atoms with Gasteiger partial charge in [0.15, 0.2) is 0 Å². The smallest absolute Gasteiger partial charge is 0.324 e. The number of carbonyl (C=O) groups is 3. The van der Waals surface area contributed by atoms with E-state index in [0.29, 0.717) is 0 Å². The van der Waals surface area contributed by atoms with Gasteiger partial charge in [0.2, 0.25) is 0 Å². The van der Waals surface area contributed by atoms with Crippen molar-refractivity contribution in [1.29, 1.82) is 0 Å². The molecule has 1 aliphatic rings. The van der Waals surface area contributed by atoms with Crippen LogP contribution in [-0.2, 0) is 19.1 Å². The molecule has 1 heterocycles. The van der Waals surface area contributed by atoms with Crippen LogP contribution < -0.4 is 0 Å². The topological polar surface area (TPSA) is 60.4 Å². The van der Waals surface area contributed by atoms with E-state index in [-0.39, 0.29) is 12.2 Å². The standard InChI is InChI=1S/C6H6O4/c1-3(7)4-2-5(8)10-6(4)9/h4H,2H2,1H3/t4-/m0/s1. The summed E-state index contributed by atoms with van der Waals surface area (Å²) in [5.41, 5.74) is 0. The molecule has 0 unspecified atom stereocenters. The number of hydrogen-bond acceptors (Lipinski definition) is 4. The molecule has 0 bridgehead atoms. The first kappa shape index (κ1) is 6.92. The molecule has 0 amide bonds. The molecule has 0 N–H and O–H groups in total. The number of carbonyl (C=O) groups excluding carboxylic acids is 3. The van der Waals surface area contributed by atoms with E-state index >= 15 is 0 Å². The fourth-order valence-corrected chi connectivity index (χ4v) is 0.785. The second-order valence-corrected chi connectivity index (χ2v) is 2.16. The number of hydrogen-bond donors (Lipinski definition) is 0. The highest BCUT2D eigenvalue weighted by atomic mass is 16.6. The number of ketones is 1. The van der Waals surface area contributed by atoms with Gasteiger partial charge in [-0.3, -0.25) is 14.4 Å². The quantitative estimate of drug-likeness (QED) is 0.371. The molecule has 1 aliphatic heterocycles. The average molecular weight is 142 g/mol. The van der Waals surface area contributed by atoms with Crippen molar-refractivity contribution in [3.8, 4) is 0 Å². The lowest BCUT2D eigenvalue weighted by atomic mass is 10.0. The van der Waals surface area contributed by atoms with E-state index in [0.717, 1.165) is 0 Å². The monoisotopic (exact) mass is 142 g/mol. The van der Waals surface area contributed by atoms with Crippen molar-refractivity contribution in [2.45, 2.75) is 13.3 Å². The summed E-state index contributed by atoms with van der Waals surface area (Å²) in [5.74, 6) is -2.47. The highest BCUT2D eigenvalue weighted by molar-refractivity contribution is 6.07. The van der Waals surface area contributed by atoms with Crippen molar-refractivity contribution in [1.82, 2.24) is 0 Å². The van der Waals surface area contributed by atoms with Crippen LogP contribution in [0.4, 0.5) is 0 Å². The molecule has 0 aromatic rings. The van der Waals surface area contributed by atoms with Crippen molar-refractivity contribution in [3.63, 3.8) is 0 Å². The largest absolute Gasteiger partial charge is 0.393 e. The van der Waals surface area contributed by atoms with Gasteiger partial charge >= 0.3 is 11.9 Å². The molecule has 1 atom stereocenters. The Morgan fingerprint density at radius 2 is 2.20 bits per heavy atom. The van der Waals surface area contributed by atoms with E-state index in [1.807, 2.05) is 0 Å². The Bertz CT molecular complexity index is 206. The van der Waals surface area contributed by atoms with Crippen LogP contribution in [0.25, 0.3) is 0 Å². The van der Waals surface area contributed by atoms with E-state index in [4.69, 9.17) is 0 Å². The fraction of sp³-hybridized carbons (Fsp3) is 0.500. The first-order valence-electron chi connectivity index (χ1n) is 2.86. The molecule has 54 valence electrons. The third-order valence-electron chi connectivity index (χ3n) is 1.36. The summed E-state index contributed by atoms with van der Waals surface area (Å²) >= 11 is 0. The predicted molar refractivity (Wildman–Crippen MR) is 29.9 cm³/mol. The highest BCUT2D eigenvalue weighted by Gasteiger charge is 2.36. The summed E-state index contributed by atoms with van der Waals surface area (Å²) in [6, 6.07) is 0. The lowest BCUT2D eigenvalue weighted by molar-refractivity contribution is -0.153. The van der Waals surface area contributed by atoms with Crippen molar-refractivity contribution in [3.05, 3.63) is 0 Å². The first-order valence-corrected chi connectivity index (χ1v) is 2.86. The Labute approximate surface area is 57.2 Å². The van der Waals surface area contributed by atoms with Gasteiger partial charge in [0.05, 0.1) is 6.42 Å². The summed E-state index contributed by atoms with van der Waals surface area (Å²) in [5, 5.41) is 0. The minimum atomic E-state index is -0.840. The molecule has 1 fully saturated rings. The summed E-state index contributed by atoms with van der Waals surface area (Å²) in [6.07, 6.45) is -0.0891. The summed E-state index contributed by atoms with van der Waals surface area (Å²) in [6.45, 7) is 1.27.